The first-order valence-electron chi connectivity index (χ1n) is 19.9. The number of hydrogen-bond donors (Lipinski definition) is 3. The lowest BCUT2D eigenvalue weighted by Crippen LogP contribution is -2.51. The number of allylic oxidation sites excluding steroid dienone is 4. The van der Waals surface area contributed by atoms with E-state index < -0.39 is 0 Å². The van der Waals surface area contributed by atoms with Gasteiger partial charge in [0.1, 0.15) is 24.3 Å². The zero-order chi connectivity index (χ0) is 37.0. The molecule has 3 N–H and O–H groups in total. The first-order valence-corrected chi connectivity index (χ1v) is 19.9. The predicted octanol–water partition coefficient (Wildman–Crippen LogP) is 11.2. The van der Waals surface area contributed by atoms with Gasteiger partial charge in [-0.3, -0.25) is 5.32 Å². The average Bonchev–Trinajstić information content (AvgIpc) is 3.78. The zero-order valence-corrected chi connectivity index (χ0v) is 31.1. The van der Waals surface area contributed by atoms with Gasteiger partial charge in [0.25, 0.3) is 0 Å². The van der Waals surface area contributed by atoms with Crippen LogP contribution in [0.1, 0.15) is 43.6 Å². The van der Waals surface area contributed by atoms with Gasteiger partial charge in [-0.25, -0.2) is 4.99 Å². The molecule has 56 heavy (non-hydrogen) atoms. The smallest absolute Gasteiger partial charge is 0.147 e. The maximum atomic E-state index is 5.37. The molecule has 4 heterocycles. The first kappa shape index (κ1) is 32.8. The van der Waals surface area contributed by atoms with E-state index in [9.17, 15) is 0 Å². The van der Waals surface area contributed by atoms with Crippen LogP contribution in [0.3, 0.4) is 0 Å². The van der Waals surface area contributed by atoms with E-state index in [1.807, 2.05) is 0 Å². The number of aliphatic imine (C=N–C) groups is 1. The lowest BCUT2D eigenvalue weighted by molar-refractivity contribution is 0.404. The van der Waals surface area contributed by atoms with Gasteiger partial charge in [0.15, 0.2) is 0 Å². The highest BCUT2D eigenvalue weighted by molar-refractivity contribution is 6.18. The van der Waals surface area contributed by atoms with Crippen LogP contribution in [-0.4, -0.2) is 21.1 Å². The second-order valence-corrected chi connectivity index (χ2v) is 15.1. The molecule has 0 amide bonds. The maximum absolute atomic E-state index is 5.37. The molecule has 272 valence electrons. The van der Waals surface area contributed by atoms with Crippen molar-refractivity contribution in [1.82, 2.24) is 25.1 Å². The number of para-hydroxylation sites is 3. The van der Waals surface area contributed by atoms with Crippen molar-refractivity contribution < 1.29 is 0 Å². The van der Waals surface area contributed by atoms with Gasteiger partial charge >= 0.3 is 0 Å². The molecule has 0 saturated carbocycles. The Morgan fingerprint density at radius 1 is 0.589 bits per heavy atom. The van der Waals surface area contributed by atoms with Crippen molar-refractivity contribution in [3.05, 3.63) is 187 Å². The molecule has 0 fully saturated rings. The summed E-state index contributed by atoms with van der Waals surface area (Å²) in [6.07, 6.45) is 12.7. The quantitative estimate of drug-likeness (QED) is 0.160. The maximum Gasteiger partial charge on any atom is 0.147 e. The van der Waals surface area contributed by atoms with Gasteiger partial charge in [0.2, 0.25) is 0 Å². The molecule has 2 aromatic heterocycles. The van der Waals surface area contributed by atoms with E-state index in [1.54, 1.807) is 0 Å². The van der Waals surface area contributed by atoms with Crippen LogP contribution in [0.15, 0.2) is 186 Å². The molecule has 0 spiro atoms. The molecule has 6 heteroatoms. The molecule has 8 aromatic rings. The van der Waals surface area contributed by atoms with E-state index in [0.29, 0.717) is 0 Å². The highest BCUT2D eigenvalue weighted by Gasteiger charge is 2.30. The van der Waals surface area contributed by atoms with Gasteiger partial charge in [0.05, 0.1) is 27.8 Å². The Kier molecular flexibility index (Phi) is 7.95. The van der Waals surface area contributed by atoms with E-state index in [1.165, 1.54) is 71.6 Å². The van der Waals surface area contributed by atoms with Crippen molar-refractivity contribution in [3.8, 4) is 16.8 Å². The molecule has 6 nitrogen and oxygen atoms in total. The minimum absolute atomic E-state index is 0.0303. The molecule has 11 rings (SSSR count). The summed E-state index contributed by atoms with van der Waals surface area (Å²) in [6, 6.07) is 52.8. The highest BCUT2D eigenvalue weighted by Crippen LogP contribution is 2.40. The number of nitrogens with one attached hydrogen (secondary N) is 3. The molecule has 3 aliphatic rings. The molecular weight excluding hydrogens is 685 g/mol. The molecule has 0 radical (unpaired) electrons. The van der Waals surface area contributed by atoms with E-state index >= 15 is 0 Å². The molecule has 2 aliphatic heterocycles. The monoisotopic (exact) mass is 726 g/mol. The molecule has 6 aromatic carbocycles. The van der Waals surface area contributed by atoms with E-state index in [4.69, 9.17) is 4.99 Å². The van der Waals surface area contributed by atoms with Crippen LogP contribution >= 0.6 is 0 Å². The van der Waals surface area contributed by atoms with Gasteiger partial charge in [-0.1, -0.05) is 133 Å². The van der Waals surface area contributed by atoms with Gasteiger partial charge in [-0.05, 0) is 84.3 Å². The summed E-state index contributed by atoms with van der Waals surface area (Å²) in [5, 5.41) is 16.8. The first-order chi connectivity index (χ1) is 27.8. The summed E-state index contributed by atoms with van der Waals surface area (Å²) in [7, 11) is 0. The fourth-order valence-corrected chi connectivity index (χ4v) is 9.11. The highest BCUT2D eigenvalue weighted by atomic mass is 15.3. The van der Waals surface area contributed by atoms with Crippen molar-refractivity contribution in [1.29, 1.82) is 0 Å². The fraction of sp³-hybridized carbons (Fsp3) is 0.140. The predicted molar refractivity (Wildman–Crippen MR) is 232 cm³/mol. The van der Waals surface area contributed by atoms with Crippen LogP contribution in [0.5, 0.6) is 0 Å². The van der Waals surface area contributed by atoms with Crippen molar-refractivity contribution in [3.63, 3.8) is 0 Å². The minimum atomic E-state index is -0.125. The van der Waals surface area contributed by atoms with Gasteiger partial charge < -0.3 is 19.8 Å². The summed E-state index contributed by atoms with van der Waals surface area (Å²) in [6.45, 7) is 0. The number of amidine groups is 1. The molecule has 3 unspecified atom stereocenters. The second kappa shape index (κ2) is 13.6. The van der Waals surface area contributed by atoms with E-state index in [2.05, 4.69) is 195 Å². The summed E-state index contributed by atoms with van der Waals surface area (Å²) < 4.78 is 4.96. The van der Waals surface area contributed by atoms with Crippen LogP contribution in [-0.2, 0) is 0 Å². The average molecular weight is 727 g/mol. The molecule has 1 aliphatic carbocycles. The topological polar surface area (TPSA) is 58.3 Å². The van der Waals surface area contributed by atoms with Gasteiger partial charge in [-0.15, -0.1) is 0 Å². The summed E-state index contributed by atoms with van der Waals surface area (Å²) in [4.78, 5) is 5.37. The summed E-state index contributed by atoms with van der Waals surface area (Å²) in [5.74, 6) is 0.901. The number of rotatable bonds is 6. The van der Waals surface area contributed by atoms with Crippen molar-refractivity contribution >= 4 is 49.4 Å². The normalized spacial score (nSPS) is 19.8. The molecule has 0 bridgehead atoms. The van der Waals surface area contributed by atoms with Crippen molar-refractivity contribution in [2.45, 2.75) is 44.2 Å². The minimum Gasteiger partial charge on any atom is -0.362 e. The van der Waals surface area contributed by atoms with Crippen LogP contribution in [0, 0.1) is 0 Å². The Morgan fingerprint density at radius 2 is 1.29 bits per heavy atom. The summed E-state index contributed by atoms with van der Waals surface area (Å²) in [5.41, 5.74) is 12.0. The Balaban J connectivity index is 0.996. The van der Waals surface area contributed by atoms with Crippen LogP contribution < -0.4 is 16.0 Å². The van der Waals surface area contributed by atoms with E-state index in [0.717, 1.165) is 37.2 Å². The number of nitrogens with zero attached hydrogens (tertiary/aromatic N) is 3. The van der Waals surface area contributed by atoms with Crippen molar-refractivity contribution in [2.75, 3.05) is 0 Å². The Labute approximate surface area is 326 Å². The fourth-order valence-electron chi connectivity index (χ4n) is 9.11. The largest absolute Gasteiger partial charge is 0.362 e. The third-order valence-corrected chi connectivity index (χ3v) is 11.8. The molecule has 3 atom stereocenters. The molecular formula is C50H42N6. The lowest BCUT2D eigenvalue weighted by Gasteiger charge is -2.36. The number of fused-ring (bicyclic) bond motifs is 6. The lowest BCUT2D eigenvalue weighted by atomic mass is 9.99. The molecule has 0 saturated heterocycles. The van der Waals surface area contributed by atoms with Crippen LogP contribution in [0.25, 0.3) is 60.4 Å². The van der Waals surface area contributed by atoms with Crippen LogP contribution in [0.4, 0.5) is 0 Å². The number of benzene rings is 6. The Bertz CT molecular complexity index is 2890. The second-order valence-electron chi connectivity index (χ2n) is 15.1. The zero-order valence-electron chi connectivity index (χ0n) is 31.1. The summed E-state index contributed by atoms with van der Waals surface area (Å²) >= 11 is 0. The standard InChI is InChI=1S/C50H42N6/c1-4-15-33(16-5-1)34-27-29-36(30-28-34)49-52-48(35-17-6-2-7-18-35)53-50(54-49)42-23-14-26-47(51-42)56-44-25-13-11-22-39(44)41-31-40-38-21-10-12-24-43(38)55(45(40)32-46(41)56)37-19-8-3-9-20-37/h1-6,8-13,15-17,19-25,27-32,47-49,51-52H,7,14,18,26H2,(H,53,54). The van der Waals surface area contributed by atoms with Crippen molar-refractivity contribution in [2.24, 2.45) is 4.99 Å². The van der Waals surface area contributed by atoms with E-state index in [-0.39, 0.29) is 18.5 Å². The Morgan fingerprint density at radius 3 is 2.07 bits per heavy atom. The van der Waals surface area contributed by atoms with Crippen LogP contribution in [0.2, 0.25) is 0 Å². The Hall–Kier alpha value is -6.63. The van der Waals surface area contributed by atoms with Gasteiger partial charge in [0, 0.05) is 27.2 Å². The number of aromatic nitrogens is 2. The third-order valence-electron chi connectivity index (χ3n) is 11.8. The SMILES string of the molecule is C1=CCCC(C2N=C(C3=CCCC(n4c5ccccc5c5cc6c7ccccc7n(-c7ccccc7)c6cc54)N3)NC(c3ccc(-c4ccccc4)cc3)N2)=C1. The number of hydrogen-bond acceptors (Lipinski definition) is 4. The van der Waals surface area contributed by atoms with Gasteiger partial charge in [-0.2, -0.15) is 0 Å². The third kappa shape index (κ3) is 5.56.